The molecule has 0 spiro atoms. The Balaban J connectivity index is 0.000001000. The molecular formula is C6H11BrN3S-. The molecule has 0 unspecified atom stereocenters. The number of rotatable bonds is 0. The zero-order valence-electron chi connectivity index (χ0n) is 6.76. The molecule has 0 saturated carbocycles. The average Bonchev–Trinajstić information content (AvgIpc) is 2.11. The summed E-state index contributed by atoms with van der Waals surface area (Å²) in [6.45, 7) is 6.27. The van der Waals surface area contributed by atoms with E-state index in [-0.39, 0.29) is 22.4 Å². The van der Waals surface area contributed by atoms with E-state index < -0.39 is 0 Å². The fourth-order valence-corrected chi connectivity index (χ4v) is 1.21. The van der Waals surface area contributed by atoms with E-state index in [0.717, 1.165) is 5.01 Å². The number of anilines is 1. The molecule has 3 nitrogen and oxygen atoms in total. The van der Waals surface area contributed by atoms with Crippen molar-refractivity contribution in [1.29, 1.82) is 0 Å². The standard InChI is InChI=1S/C6H11N3S.BrH/c1-6(2,3)4-8-9-5(7)10-4;/h1-3H3,(H2,7,9);1H/p-1. The van der Waals surface area contributed by atoms with Crippen LogP contribution in [0, 0.1) is 0 Å². The molecule has 2 N–H and O–H groups in total. The average molecular weight is 237 g/mol. The lowest BCUT2D eigenvalue weighted by atomic mass is 9.98. The van der Waals surface area contributed by atoms with Crippen molar-refractivity contribution in [2.75, 3.05) is 5.73 Å². The van der Waals surface area contributed by atoms with Crippen LogP contribution in [0.4, 0.5) is 5.13 Å². The molecule has 64 valence electrons. The Kier molecular flexibility index (Phi) is 3.44. The Morgan fingerprint density at radius 2 is 1.82 bits per heavy atom. The van der Waals surface area contributed by atoms with Gasteiger partial charge in [-0.2, -0.15) is 0 Å². The summed E-state index contributed by atoms with van der Waals surface area (Å²) in [6, 6.07) is 0. The van der Waals surface area contributed by atoms with Gasteiger partial charge in [-0.05, 0) is 0 Å². The molecule has 1 heterocycles. The minimum Gasteiger partial charge on any atom is -1.00 e. The molecule has 0 aliphatic heterocycles. The molecule has 0 aliphatic carbocycles. The van der Waals surface area contributed by atoms with Crippen LogP contribution in [-0.2, 0) is 5.41 Å². The van der Waals surface area contributed by atoms with Crippen LogP contribution in [-0.4, -0.2) is 10.2 Å². The van der Waals surface area contributed by atoms with Gasteiger partial charge >= 0.3 is 0 Å². The Hall–Kier alpha value is -0.160. The van der Waals surface area contributed by atoms with Crippen molar-refractivity contribution in [2.24, 2.45) is 0 Å². The highest BCUT2D eigenvalue weighted by atomic mass is 79.9. The van der Waals surface area contributed by atoms with Crippen molar-refractivity contribution >= 4 is 16.5 Å². The van der Waals surface area contributed by atoms with E-state index in [0.29, 0.717) is 5.13 Å². The van der Waals surface area contributed by atoms with Gasteiger partial charge in [0.25, 0.3) is 0 Å². The van der Waals surface area contributed by atoms with Gasteiger partial charge in [0, 0.05) is 5.41 Å². The highest BCUT2D eigenvalue weighted by molar-refractivity contribution is 7.15. The Morgan fingerprint density at radius 3 is 2.00 bits per heavy atom. The van der Waals surface area contributed by atoms with Gasteiger partial charge in [-0.25, -0.2) is 0 Å². The van der Waals surface area contributed by atoms with Crippen LogP contribution in [0.2, 0.25) is 0 Å². The summed E-state index contributed by atoms with van der Waals surface area (Å²) in [5.41, 5.74) is 5.50. The van der Waals surface area contributed by atoms with Crippen molar-refractivity contribution in [3.05, 3.63) is 5.01 Å². The SMILES string of the molecule is CC(C)(C)c1nnc(N)s1.[Br-]. The number of nitrogens with two attached hydrogens (primary N) is 1. The summed E-state index contributed by atoms with van der Waals surface area (Å²) in [5.74, 6) is 0. The fraction of sp³-hybridized carbons (Fsp3) is 0.667. The van der Waals surface area contributed by atoms with Gasteiger partial charge in [0.1, 0.15) is 5.01 Å². The van der Waals surface area contributed by atoms with Crippen molar-refractivity contribution in [3.8, 4) is 0 Å². The molecular weight excluding hydrogens is 226 g/mol. The highest BCUT2D eigenvalue weighted by Gasteiger charge is 2.18. The van der Waals surface area contributed by atoms with Crippen molar-refractivity contribution < 1.29 is 17.0 Å². The Morgan fingerprint density at radius 1 is 1.27 bits per heavy atom. The third-order valence-electron chi connectivity index (χ3n) is 1.08. The molecule has 0 atom stereocenters. The summed E-state index contributed by atoms with van der Waals surface area (Å²) in [5, 5.41) is 9.20. The lowest BCUT2D eigenvalue weighted by Gasteiger charge is -2.11. The molecule has 0 bridgehead atoms. The van der Waals surface area contributed by atoms with E-state index >= 15 is 0 Å². The van der Waals surface area contributed by atoms with E-state index in [1.54, 1.807) is 0 Å². The number of aromatic nitrogens is 2. The summed E-state index contributed by atoms with van der Waals surface area (Å²) in [6.07, 6.45) is 0. The van der Waals surface area contributed by atoms with Crippen LogP contribution in [0.3, 0.4) is 0 Å². The van der Waals surface area contributed by atoms with Crippen molar-refractivity contribution in [2.45, 2.75) is 26.2 Å². The number of hydrogen-bond acceptors (Lipinski definition) is 4. The van der Waals surface area contributed by atoms with Crippen LogP contribution in [0.5, 0.6) is 0 Å². The van der Waals surface area contributed by atoms with Gasteiger partial charge in [0.05, 0.1) is 0 Å². The normalized spacial score (nSPS) is 10.8. The lowest BCUT2D eigenvalue weighted by Crippen LogP contribution is -3.00. The smallest absolute Gasteiger partial charge is 0.203 e. The molecule has 1 aromatic rings. The summed E-state index contributed by atoms with van der Waals surface area (Å²) < 4.78 is 0. The number of hydrogen-bond donors (Lipinski definition) is 1. The third kappa shape index (κ3) is 2.75. The number of nitrogens with zero attached hydrogens (tertiary/aromatic N) is 2. The van der Waals surface area contributed by atoms with E-state index in [2.05, 4.69) is 31.0 Å². The van der Waals surface area contributed by atoms with Crippen LogP contribution in [0.15, 0.2) is 0 Å². The minimum atomic E-state index is 0. The van der Waals surface area contributed by atoms with Gasteiger partial charge in [-0.3, -0.25) is 0 Å². The maximum atomic E-state index is 5.42. The second kappa shape index (κ2) is 3.49. The Labute approximate surface area is 80.8 Å². The monoisotopic (exact) mass is 236 g/mol. The van der Waals surface area contributed by atoms with Crippen LogP contribution < -0.4 is 22.7 Å². The third-order valence-corrected chi connectivity index (χ3v) is 2.26. The second-order valence-electron chi connectivity index (χ2n) is 3.20. The van der Waals surface area contributed by atoms with Gasteiger partial charge in [-0.1, -0.05) is 32.1 Å². The van der Waals surface area contributed by atoms with Crippen LogP contribution in [0.1, 0.15) is 25.8 Å². The molecule has 1 rings (SSSR count). The highest BCUT2D eigenvalue weighted by Crippen LogP contribution is 2.25. The zero-order valence-corrected chi connectivity index (χ0v) is 9.16. The maximum Gasteiger partial charge on any atom is 0.203 e. The van der Waals surface area contributed by atoms with Crippen molar-refractivity contribution in [3.63, 3.8) is 0 Å². The van der Waals surface area contributed by atoms with Crippen molar-refractivity contribution in [1.82, 2.24) is 10.2 Å². The molecule has 0 aromatic carbocycles. The molecule has 11 heavy (non-hydrogen) atoms. The first-order chi connectivity index (χ1) is 4.50. The predicted molar refractivity (Wildman–Crippen MR) is 43.0 cm³/mol. The van der Waals surface area contributed by atoms with E-state index in [1.807, 2.05) is 0 Å². The lowest BCUT2D eigenvalue weighted by molar-refractivity contribution is -0.00000265. The quantitative estimate of drug-likeness (QED) is 0.592. The van der Waals surface area contributed by atoms with Gasteiger partial charge in [0.2, 0.25) is 5.13 Å². The van der Waals surface area contributed by atoms with Crippen LogP contribution >= 0.6 is 11.3 Å². The first-order valence-electron chi connectivity index (χ1n) is 3.09. The first kappa shape index (κ1) is 10.8. The minimum absolute atomic E-state index is 0. The molecule has 0 radical (unpaired) electrons. The van der Waals surface area contributed by atoms with Gasteiger partial charge in [0.15, 0.2) is 0 Å². The molecule has 0 aliphatic rings. The van der Waals surface area contributed by atoms with Gasteiger partial charge in [-0.15, -0.1) is 10.2 Å². The van der Waals surface area contributed by atoms with Crippen LogP contribution in [0.25, 0.3) is 0 Å². The molecule has 0 saturated heterocycles. The fourth-order valence-electron chi connectivity index (χ4n) is 0.538. The molecule has 0 amide bonds. The maximum absolute atomic E-state index is 5.42. The van der Waals surface area contributed by atoms with E-state index in [1.165, 1.54) is 11.3 Å². The second-order valence-corrected chi connectivity index (χ2v) is 4.20. The summed E-state index contributed by atoms with van der Waals surface area (Å²) >= 11 is 1.45. The largest absolute Gasteiger partial charge is 1.00 e. The number of nitrogen functional groups attached to an aromatic ring is 1. The summed E-state index contributed by atoms with van der Waals surface area (Å²) in [7, 11) is 0. The molecule has 0 fully saturated rings. The Bertz CT molecular complexity index is 228. The molecule has 5 heteroatoms. The van der Waals surface area contributed by atoms with E-state index in [9.17, 15) is 0 Å². The first-order valence-corrected chi connectivity index (χ1v) is 3.91. The predicted octanol–water partition coefficient (Wildman–Crippen LogP) is -1.58. The van der Waals surface area contributed by atoms with E-state index in [4.69, 9.17) is 5.73 Å². The topological polar surface area (TPSA) is 51.8 Å². The molecule has 1 aromatic heterocycles. The summed E-state index contributed by atoms with van der Waals surface area (Å²) in [4.78, 5) is 0. The number of halogens is 1. The zero-order chi connectivity index (χ0) is 7.78. The van der Waals surface area contributed by atoms with Gasteiger partial charge < -0.3 is 22.7 Å².